The van der Waals surface area contributed by atoms with Crippen molar-refractivity contribution in [1.82, 2.24) is 4.90 Å². The van der Waals surface area contributed by atoms with Crippen molar-refractivity contribution in [2.45, 2.75) is 0 Å². The first-order valence-electron chi connectivity index (χ1n) is 2.60. The zero-order valence-electron chi connectivity index (χ0n) is 5.42. The summed E-state index contributed by atoms with van der Waals surface area (Å²) in [5.74, 6) is 0.488. The minimum Gasteiger partial charge on any atom is -0.483 e. The molecule has 0 N–H and O–H groups in total. The molecule has 1 rings (SSSR count). The van der Waals surface area contributed by atoms with Gasteiger partial charge in [-0.25, -0.2) is 4.79 Å². The number of hydrogen-bond donors (Lipinski definition) is 0. The maximum atomic E-state index is 10.6. The predicted octanol–water partition coefficient (Wildman–Crippen LogP) is 0.0967. The van der Waals surface area contributed by atoms with Gasteiger partial charge in [-0.1, -0.05) is 0 Å². The van der Waals surface area contributed by atoms with Crippen LogP contribution in [0.4, 0.5) is 4.79 Å². The largest absolute Gasteiger partial charge is 0.483 e. The maximum Gasteiger partial charge on any atom is 0.346 e. The van der Waals surface area contributed by atoms with Gasteiger partial charge in [-0.2, -0.15) is 4.99 Å². The number of carbonyl (C=O) groups excluding carboxylic acids is 1. The average molecular weight is 128 g/mol. The molecule has 0 saturated heterocycles. The van der Waals surface area contributed by atoms with Gasteiger partial charge in [-0.05, 0) is 0 Å². The molecule has 0 aliphatic carbocycles. The Labute approximate surface area is 53.1 Å². The molecular formula is C5H8N2O2. The molecule has 1 heterocycles. The van der Waals surface area contributed by atoms with Gasteiger partial charge >= 0.3 is 6.03 Å². The molecule has 4 heteroatoms. The number of aliphatic imine (C=N–C) groups is 1. The molecule has 0 fully saturated rings. The van der Waals surface area contributed by atoms with Crippen LogP contribution in [-0.2, 0) is 4.74 Å². The predicted molar refractivity (Wildman–Crippen MR) is 32.5 cm³/mol. The second kappa shape index (κ2) is 2.05. The zero-order chi connectivity index (χ0) is 6.85. The van der Waals surface area contributed by atoms with Gasteiger partial charge in [-0.3, -0.25) is 0 Å². The third-order valence-electron chi connectivity index (χ3n) is 1.15. The highest BCUT2D eigenvalue weighted by Gasteiger charge is 2.18. The summed E-state index contributed by atoms with van der Waals surface area (Å²) in [5.41, 5.74) is 0. The number of amides is 2. The first-order chi connectivity index (χ1) is 4.24. The highest BCUT2D eigenvalue weighted by atomic mass is 16.5. The Bertz CT molecular complexity index is 164. The molecule has 2 amide bonds. The fourth-order valence-electron chi connectivity index (χ4n) is 0.608. The third kappa shape index (κ3) is 1.01. The topological polar surface area (TPSA) is 41.9 Å². The molecule has 0 aromatic carbocycles. The Morgan fingerprint density at radius 3 is 2.67 bits per heavy atom. The molecule has 0 spiro atoms. The first-order valence-corrected chi connectivity index (χ1v) is 2.60. The van der Waals surface area contributed by atoms with E-state index in [0.29, 0.717) is 12.4 Å². The van der Waals surface area contributed by atoms with Gasteiger partial charge in [0.25, 0.3) is 0 Å². The van der Waals surface area contributed by atoms with Gasteiger partial charge in [0.15, 0.2) is 0 Å². The summed E-state index contributed by atoms with van der Waals surface area (Å²) >= 11 is 0. The summed E-state index contributed by atoms with van der Waals surface area (Å²) < 4.78 is 4.74. The van der Waals surface area contributed by atoms with Crippen molar-refractivity contribution < 1.29 is 9.53 Å². The molecule has 50 valence electrons. The molecule has 0 unspecified atom stereocenters. The molecule has 1 aliphatic heterocycles. The van der Waals surface area contributed by atoms with E-state index >= 15 is 0 Å². The van der Waals surface area contributed by atoms with Crippen molar-refractivity contribution in [3.05, 3.63) is 0 Å². The van der Waals surface area contributed by atoms with Crippen LogP contribution in [-0.4, -0.2) is 37.5 Å². The Hall–Kier alpha value is -1.06. The maximum absolute atomic E-state index is 10.6. The summed E-state index contributed by atoms with van der Waals surface area (Å²) in [6.45, 7) is 0.495. The van der Waals surface area contributed by atoms with E-state index < -0.39 is 0 Å². The molecule has 0 aromatic heterocycles. The number of hydrogen-bond acceptors (Lipinski definition) is 2. The van der Waals surface area contributed by atoms with Gasteiger partial charge in [-0.15, -0.1) is 0 Å². The highest BCUT2D eigenvalue weighted by Crippen LogP contribution is 2.00. The normalized spacial score (nSPS) is 18.2. The van der Waals surface area contributed by atoms with Gasteiger partial charge in [0.2, 0.25) is 5.90 Å². The van der Waals surface area contributed by atoms with Crippen molar-refractivity contribution in [1.29, 1.82) is 0 Å². The smallest absolute Gasteiger partial charge is 0.346 e. The molecule has 0 atom stereocenters. The molecule has 4 nitrogen and oxygen atoms in total. The number of likely N-dealkylation sites (N-methyl/N-ethyl adjacent to an activating group) is 1. The fourth-order valence-corrected chi connectivity index (χ4v) is 0.608. The van der Waals surface area contributed by atoms with Crippen LogP contribution >= 0.6 is 0 Å². The van der Waals surface area contributed by atoms with E-state index in [-0.39, 0.29) is 6.03 Å². The van der Waals surface area contributed by atoms with Crippen LogP contribution in [0.3, 0.4) is 0 Å². The van der Waals surface area contributed by atoms with Crippen LogP contribution in [0.2, 0.25) is 0 Å². The lowest BCUT2D eigenvalue weighted by Gasteiger charge is -2.03. The minimum absolute atomic E-state index is 0.230. The number of nitrogens with zero attached hydrogens (tertiary/aromatic N) is 2. The van der Waals surface area contributed by atoms with E-state index in [0.717, 1.165) is 0 Å². The zero-order valence-corrected chi connectivity index (χ0v) is 5.42. The lowest BCUT2D eigenvalue weighted by Crippen LogP contribution is -2.21. The van der Waals surface area contributed by atoms with E-state index in [1.165, 1.54) is 12.0 Å². The quantitative estimate of drug-likeness (QED) is 0.464. The molecule has 0 radical (unpaired) electrons. The number of methoxy groups -OCH3 is 1. The highest BCUT2D eigenvalue weighted by molar-refractivity contribution is 5.98. The minimum atomic E-state index is -0.230. The van der Waals surface area contributed by atoms with Crippen LogP contribution < -0.4 is 0 Å². The summed E-state index contributed by atoms with van der Waals surface area (Å²) in [6, 6.07) is -0.230. The van der Waals surface area contributed by atoms with Crippen LogP contribution in [0, 0.1) is 0 Å². The van der Waals surface area contributed by atoms with Crippen LogP contribution in [0.15, 0.2) is 4.99 Å². The van der Waals surface area contributed by atoms with E-state index in [1.807, 2.05) is 0 Å². The van der Waals surface area contributed by atoms with Crippen molar-refractivity contribution in [2.24, 2.45) is 4.99 Å². The lowest BCUT2D eigenvalue weighted by molar-refractivity contribution is 0.228. The first kappa shape index (κ1) is 6.07. The standard InChI is InChI=1S/C5H8N2O2/c1-7-3-4(9-2)6-5(7)8/h3H2,1-2H3. The van der Waals surface area contributed by atoms with Crippen LogP contribution in [0.25, 0.3) is 0 Å². The van der Waals surface area contributed by atoms with Crippen molar-refractivity contribution in [3.63, 3.8) is 0 Å². The van der Waals surface area contributed by atoms with Gasteiger partial charge < -0.3 is 9.64 Å². The summed E-state index contributed by atoms with van der Waals surface area (Å²) in [6.07, 6.45) is 0. The number of ether oxygens (including phenoxy) is 1. The number of carbonyl (C=O) groups is 1. The van der Waals surface area contributed by atoms with Crippen molar-refractivity contribution in [3.8, 4) is 0 Å². The number of rotatable bonds is 0. The van der Waals surface area contributed by atoms with Gasteiger partial charge in [0.1, 0.15) is 0 Å². The number of urea groups is 1. The molecule has 0 bridgehead atoms. The second-order valence-electron chi connectivity index (χ2n) is 1.85. The molecular weight excluding hydrogens is 120 g/mol. The Balaban J connectivity index is 2.62. The summed E-state index contributed by atoms with van der Waals surface area (Å²) in [4.78, 5) is 15.7. The molecule has 1 aliphatic rings. The van der Waals surface area contributed by atoms with E-state index in [9.17, 15) is 4.79 Å². The Morgan fingerprint density at radius 2 is 2.44 bits per heavy atom. The van der Waals surface area contributed by atoms with E-state index in [4.69, 9.17) is 4.74 Å². The van der Waals surface area contributed by atoms with Crippen molar-refractivity contribution in [2.75, 3.05) is 20.7 Å². The lowest BCUT2D eigenvalue weighted by atomic mass is 10.6. The second-order valence-corrected chi connectivity index (χ2v) is 1.85. The van der Waals surface area contributed by atoms with Crippen molar-refractivity contribution >= 4 is 11.9 Å². The fraction of sp³-hybridized carbons (Fsp3) is 0.600. The summed E-state index contributed by atoms with van der Waals surface area (Å²) in [5, 5.41) is 0. The van der Waals surface area contributed by atoms with Crippen LogP contribution in [0.5, 0.6) is 0 Å². The van der Waals surface area contributed by atoms with Gasteiger partial charge in [0, 0.05) is 7.05 Å². The Morgan fingerprint density at radius 1 is 1.78 bits per heavy atom. The monoisotopic (exact) mass is 128 g/mol. The van der Waals surface area contributed by atoms with E-state index in [2.05, 4.69) is 4.99 Å². The average Bonchev–Trinajstić information content (AvgIpc) is 2.13. The third-order valence-corrected chi connectivity index (χ3v) is 1.15. The van der Waals surface area contributed by atoms with Crippen LogP contribution in [0.1, 0.15) is 0 Å². The molecule has 9 heavy (non-hydrogen) atoms. The Kier molecular flexibility index (Phi) is 1.38. The summed E-state index contributed by atoms with van der Waals surface area (Å²) in [7, 11) is 3.18. The van der Waals surface area contributed by atoms with Gasteiger partial charge in [0.05, 0.1) is 13.7 Å². The molecule has 0 aromatic rings. The molecule has 0 saturated carbocycles. The van der Waals surface area contributed by atoms with E-state index in [1.54, 1.807) is 7.05 Å². The SMILES string of the molecule is COC1=NC(=O)N(C)C1.